The fraction of sp³-hybridized carbons (Fsp3) is 0.350. The molecule has 0 aromatic heterocycles. The lowest BCUT2D eigenvalue weighted by atomic mass is 10.0. The minimum absolute atomic E-state index is 0.0524. The molecule has 0 saturated carbocycles. The van der Waals surface area contributed by atoms with Crippen LogP contribution in [0.25, 0.3) is 11.1 Å². The van der Waals surface area contributed by atoms with E-state index in [9.17, 15) is 22.0 Å². The summed E-state index contributed by atoms with van der Waals surface area (Å²) in [6.45, 7) is 0.708. The second-order valence-corrected chi connectivity index (χ2v) is 8.75. The maximum Gasteiger partial charge on any atom is 0.415 e. The summed E-state index contributed by atoms with van der Waals surface area (Å²) >= 11 is 0. The van der Waals surface area contributed by atoms with Crippen LogP contribution < -0.4 is 9.46 Å². The Kier molecular flexibility index (Phi) is 6.49. The zero-order valence-corrected chi connectivity index (χ0v) is 16.7. The zero-order valence-electron chi connectivity index (χ0n) is 15.9. The maximum absolute atomic E-state index is 14.2. The molecule has 1 heterocycles. The fourth-order valence-electron chi connectivity index (χ4n) is 3.38. The van der Waals surface area contributed by atoms with E-state index in [1.807, 2.05) is 0 Å². The highest BCUT2D eigenvalue weighted by molar-refractivity contribution is 7.88. The number of carbonyl (C=O) groups excluding carboxylic acids is 1. The highest BCUT2D eigenvalue weighted by atomic mass is 32.2. The molecule has 2 aromatic carbocycles. The molecule has 0 radical (unpaired) electrons. The Morgan fingerprint density at radius 1 is 1.07 bits per heavy atom. The number of nitrogens with zero attached hydrogens (tertiary/aromatic N) is 1. The number of halogens is 2. The van der Waals surface area contributed by atoms with Crippen molar-refractivity contribution in [2.75, 3.05) is 19.3 Å². The molecule has 1 saturated heterocycles. The standard InChI is InChI=1S/C20H22F2N2O4S/c1-29(26,27)23-14-6-5-12-24(13-11-14)20(25)28-18-10-3-2-7-15(18)19-16(21)8-4-9-17(19)22/h2-4,7-10,14,23H,5-6,11-13H2,1H3. The van der Waals surface area contributed by atoms with Crippen molar-refractivity contribution in [3.05, 3.63) is 54.1 Å². The van der Waals surface area contributed by atoms with Crippen LogP contribution in [0.5, 0.6) is 5.75 Å². The summed E-state index contributed by atoms with van der Waals surface area (Å²) in [7, 11) is -3.33. The number of hydrogen-bond acceptors (Lipinski definition) is 4. The first-order chi connectivity index (χ1) is 13.7. The molecule has 3 rings (SSSR count). The second-order valence-electron chi connectivity index (χ2n) is 6.97. The molecule has 1 amide bonds. The number of likely N-dealkylation sites (tertiary alicyclic amines) is 1. The lowest BCUT2D eigenvalue weighted by Crippen LogP contribution is -2.37. The number of carbonyl (C=O) groups is 1. The quantitative estimate of drug-likeness (QED) is 0.815. The first-order valence-corrected chi connectivity index (χ1v) is 11.1. The third-order valence-corrected chi connectivity index (χ3v) is 5.44. The Balaban J connectivity index is 1.75. The van der Waals surface area contributed by atoms with Gasteiger partial charge >= 0.3 is 6.09 Å². The molecule has 0 spiro atoms. The smallest absolute Gasteiger partial charge is 0.410 e. The van der Waals surface area contributed by atoms with Crippen LogP contribution in [0.15, 0.2) is 42.5 Å². The molecule has 1 aliphatic heterocycles. The van der Waals surface area contributed by atoms with Crippen molar-refractivity contribution in [3.8, 4) is 16.9 Å². The normalized spacial score (nSPS) is 17.6. The topological polar surface area (TPSA) is 75.7 Å². The summed E-state index contributed by atoms with van der Waals surface area (Å²) in [5.74, 6) is -1.45. The summed E-state index contributed by atoms with van der Waals surface area (Å²) in [6, 6.07) is 9.47. The third-order valence-electron chi connectivity index (χ3n) is 4.68. The van der Waals surface area contributed by atoms with Crippen LogP contribution in [-0.2, 0) is 10.0 Å². The van der Waals surface area contributed by atoms with Gasteiger partial charge in [0.2, 0.25) is 10.0 Å². The van der Waals surface area contributed by atoms with Crippen molar-refractivity contribution in [2.24, 2.45) is 0 Å². The highest BCUT2D eigenvalue weighted by Gasteiger charge is 2.25. The van der Waals surface area contributed by atoms with E-state index < -0.39 is 27.8 Å². The number of hydrogen-bond donors (Lipinski definition) is 1. The van der Waals surface area contributed by atoms with Crippen LogP contribution in [0.3, 0.4) is 0 Å². The van der Waals surface area contributed by atoms with Crippen LogP contribution in [0.1, 0.15) is 19.3 Å². The minimum Gasteiger partial charge on any atom is -0.410 e. The molecular weight excluding hydrogens is 402 g/mol. The SMILES string of the molecule is CS(=O)(=O)NC1CCCN(C(=O)Oc2ccccc2-c2c(F)cccc2F)CC1. The molecule has 1 unspecified atom stereocenters. The molecule has 6 nitrogen and oxygen atoms in total. The molecule has 156 valence electrons. The van der Waals surface area contributed by atoms with E-state index in [0.29, 0.717) is 32.4 Å². The van der Waals surface area contributed by atoms with Gasteiger partial charge in [0.15, 0.2) is 0 Å². The molecule has 2 aromatic rings. The Bertz CT molecular complexity index is 977. The highest BCUT2D eigenvalue weighted by Crippen LogP contribution is 2.34. The van der Waals surface area contributed by atoms with Gasteiger partial charge in [-0.3, -0.25) is 0 Å². The summed E-state index contributed by atoms with van der Waals surface area (Å²) in [6.07, 6.45) is 2.11. The molecular formula is C20H22F2N2O4S. The molecule has 0 bridgehead atoms. The third kappa shape index (κ3) is 5.51. The Morgan fingerprint density at radius 2 is 1.76 bits per heavy atom. The number of benzene rings is 2. The van der Waals surface area contributed by atoms with E-state index >= 15 is 0 Å². The van der Waals surface area contributed by atoms with Gasteiger partial charge in [0.1, 0.15) is 17.4 Å². The lowest BCUT2D eigenvalue weighted by molar-refractivity contribution is 0.154. The summed E-state index contributed by atoms with van der Waals surface area (Å²) < 4.78 is 59.2. The van der Waals surface area contributed by atoms with E-state index in [1.54, 1.807) is 12.1 Å². The van der Waals surface area contributed by atoms with Gasteiger partial charge < -0.3 is 9.64 Å². The fourth-order valence-corrected chi connectivity index (χ4v) is 4.22. The van der Waals surface area contributed by atoms with E-state index in [1.165, 1.54) is 23.1 Å². The summed E-state index contributed by atoms with van der Waals surface area (Å²) in [4.78, 5) is 14.1. The van der Waals surface area contributed by atoms with Gasteiger partial charge in [0, 0.05) is 24.7 Å². The van der Waals surface area contributed by atoms with Crippen LogP contribution in [0, 0.1) is 11.6 Å². The average molecular weight is 424 g/mol. The van der Waals surface area contributed by atoms with Crippen molar-refractivity contribution in [3.63, 3.8) is 0 Å². The van der Waals surface area contributed by atoms with Crippen LogP contribution in [-0.4, -0.2) is 44.8 Å². The zero-order chi connectivity index (χ0) is 21.0. The van der Waals surface area contributed by atoms with Crippen molar-refractivity contribution in [1.82, 2.24) is 9.62 Å². The van der Waals surface area contributed by atoms with Crippen molar-refractivity contribution in [1.29, 1.82) is 0 Å². The average Bonchev–Trinajstić information content (AvgIpc) is 2.87. The molecule has 9 heteroatoms. The number of ether oxygens (including phenoxy) is 1. The van der Waals surface area contributed by atoms with E-state index in [-0.39, 0.29) is 22.9 Å². The van der Waals surface area contributed by atoms with Crippen molar-refractivity contribution < 1.29 is 26.7 Å². The predicted molar refractivity (Wildman–Crippen MR) is 105 cm³/mol. The van der Waals surface area contributed by atoms with Crippen LogP contribution >= 0.6 is 0 Å². The monoisotopic (exact) mass is 424 g/mol. The number of sulfonamides is 1. The molecule has 1 atom stereocenters. The Hall–Kier alpha value is -2.52. The van der Waals surface area contributed by atoms with Gasteiger partial charge in [-0.15, -0.1) is 0 Å². The molecule has 1 N–H and O–H groups in total. The van der Waals surface area contributed by atoms with E-state index in [0.717, 1.165) is 18.4 Å². The summed E-state index contributed by atoms with van der Waals surface area (Å²) in [5, 5.41) is 0. The largest absolute Gasteiger partial charge is 0.415 e. The van der Waals surface area contributed by atoms with Gasteiger partial charge in [-0.25, -0.2) is 26.7 Å². The van der Waals surface area contributed by atoms with Gasteiger partial charge in [0.05, 0.1) is 11.8 Å². The van der Waals surface area contributed by atoms with Crippen molar-refractivity contribution in [2.45, 2.75) is 25.3 Å². The Labute approximate surface area is 168 Å². The van der Waals surface area contributed by atoms with Crippen LogP contribution in [0.2, 0.25) is 0 Å². The van der Waals surface area contributed by atoms with E-state index in [2.05, 4.69) is 4.72 Å². The Morgan fingerprint density at radius 3 is 2.45 bits per heavy atom. The van der Waals surface area contributed by atoms with Gasteiger partial charge in [-0.1, -0.05) is 24.3 Å². The van der Waals surface area contributed by atoms with Crippen molar-refractivity contribution >= 4 is 16.1 Å². The number of nitrogens with one attached hydrogen (secondary N) is 1. The number of amides is 1. The first-order valence-electron chi connectivity index (χ1n) is 9.22. The van der Waals surface area contributed by atoms with Gasteiger partial charge in [0.25, 0.3) is 0 Å². The first kappa shape index (κ1) is 21.2. The summed E-state index contributed by atoms with van der Waals surface area (Å²) in [5.41, 5.74) is -0.118. The van der Waals surface area contributed by atoms with Gasteiger partial charge in [-0.05, 0) is 37.5 Å². The minimum atomic E-state index is -3.33. The lowest BCUT2D eigenvalue weighted by Gasteiger charge is -2.21. The molecule has 1 aliphatic rings. The predicted octanol–water partition coefficient (Wildman–Crippen LogP) is 3.53. The maximum atomic E-state index is 14.2. The second kappa shape index (κ2) is 8.87. The van der Waals surface area contributed by atoms with Gasteiger partial charge in [-0.2, -0.15) is 0 Å². The molecule has 0 aliphatic carbocycles. The number of para-hydroxylation sites is 1. The van der Waals surface area contributed by atoms with E-state index in [4.69, 9.17) is 4.74 Å². The van der Waals surface area contributed by atoms with Crippen LogP contribution in [0.4, 0.5) is 13.6 Å². The molecule has 29 heavy (non-hydrogen) atoms. The molecule has 1 fully saturated rings. The number of rotatable bonds is 4.